The number of carbonyl (C=O) groups is 1. The molecule has 0 aliphatic heterocycles. The van der Waals surface area contributed by atoms with Gasteiger partial charge in [0.05, 0.1) is 16.7 Å². The van der Waals surface area contributed by atoms with Crippen LogP contribution in [0.2, 0.25) is 0 Å². The maximum atomic E-state index is 12.2. The van der Waals surface area contributed by atoms with Crippen LogP contribution in [0.15, 0.2) is 18.2 Å². The Kier molecular flexibility index (Phi) is 3.09. The van der Waals surface area contributed by atoms with E-state index in [0.717, 1.165) is 0 Å². The lowest BCUT2D eigenvalue weighted by Crippen LogP contribution is -2.13. The number of alkyl halides is 6. The van der Waals surface area contributed by atoms with Gasteiger partial charge in [0.2, 0.25) is 0 Å². The molecule has 0 aliphatic rings. The number of carbonyl (C=O) groups excluding carboxylic acids is 1. The van der Waals surface area contributed by atoms with Crippen LogP contribution in [0.4, 0.5) is 26.3 Å². The van der Waals surface area contributed by atoms with Crippen LogP contribution >= 0.6 is 0 Å². The highest BCUT2D eigenvalue weighted by Crippen LogP contribution is 2.36. The summed E-state index contributed by atoms with van der Waals surface area (Å²) in [6.45, 7) is 0. The van der Waals surface area contributed by atoms with Crippen LogP contribution in [-0.2, 0) is 17.5 Å². The maximum Gasteiger partial charge on any atom is 0.416 e. The molecule has 0 aliphatic carbocycles. The van der Waals surface area contributed by atoms with Gasteiger partial charge in [-0.25, -0.2) is 9.90 Å². The molecule has 1 aromatic carbocycles. The van der Waals surface area contributed by atoms with E-state index in [1.165, 1.54) is 0 Å². The van der Waals surface area contributed by atoms with Crippen molar-refractivity contribution >= 4 is 5.97 Å². The van der Waals surface area contributed by atoms with Gasteiger partial charge >= 0.3 is 18.3 Å². The van der Waals surface area contributed by atoms with Crippen molar-refractivity contribution in [3.8, 4) is 0 Å². The Hall–Kier alpha value is -1.73. The van der Waals surface area contributed by atoms with Crippen molar-refractivity contribution in [2.45, 2.75) is 12.4 Å². The molecule has 0 aromatic heterocycles. The molecule has 0 amide bonds. The van der Waals surface area contributed by atoms with E-state index in [1.807, 2.05) is 0 Å². The van der Waals surface area contributed by atoms with Crippen LogP contribution in [0.25, 0.3) is 0 Å². The highest BCUT2D eigenvalue weighted by atomic mass is 19.4. The van der Waals surface area contributed by atoms with Gasteiger partial charge in [0.15, 0.2) is 0 Å². The second-order valence-electron chi connectivity index (χ2n) is 3.08. The second-order valence-corrected chi connectivity index (χ2v) is 3.08. The molecule has 2 nitrogen and oxygen atoms in total. The largest absolute Gasteiger partial charge is 0.416 e. The normalized spacial score (nSPS) is 12.6. The SMILES string of the molecule is [O]C(=O)c1cc(C(F)(F)F)cc(C(F)(F)F)c1. The average Bonchev–Trinajstić information content (AvgIpc) is 2.14. The number of rotatable bonds is 1. The van der Waals surface area contributed by atoms with Gasteiger partial charge in [-0.3, -0.25) is 0 Å². The van der Waals surface area contributed by atoms with Crippen LogP contribution in [0, 0.1) is 0 Å². The third-order valence-electron chi connectivity index (χ3n) is 1.82. The van der Waals surface area contributed by atoms with Crippen LogP contribution in [0.3, 0.4) is 0 Å². The van der Waals surface area contributed by atoms with E-state index in [4.69, 9.17) is 0 Å². The lowest BCUT2D eigenvalue weighted by Gasteiger charge is -2.12. The van der Waals surface area contributed by atoms with Gasteiger partial charge in [0.25, 0.3) is 0 Å². The van der Waals surface area contributed by atoms with E-state index in [9.17, 15) is 36.2 Å². The Morgan fingerprint density at radius 2 is 1.18 bits per heavy atom. The third-order valence-corrected chi connectivity index (χ3v) is 1.82. The fraction of sp³-hybridized carbons (Fsp3) is 0.222. The minimum absolute atomic E-state index is 0.0879. The number of hydrogen-bond acceptors (Lipinski definition) is 1. The Morgan fingerprint density at radius 1 is 0.824 bits per heavy atom. The molecule has 1 radical (unpaired) electrons. The minimum Gasteiger partial charge on any atom is -0.242 e. The summed E-state index contributed by atoms with van der Waals surface area (Å²) in [4.78, 5) is 10.3. The van der Waals surface area contributed by atoms with Gasteiger partial charge in [-0.1, -0.05) is 0 Å². The van der Waals surface area contributed by atoms with Crippen LogP contribution in [0.1, 0.15) is 21.5 Å². The predicted molar refractivity (Wildman–Crippen MR) is 41.5 cm³/mol. The first-order chi connectivity index (χ1) is 7.51. The van der Waals surface area contributed by atoms with Gasteiger partial charge in [0.1, 0.15) is 0 Å². The van der Waals surface area contributed by atoms with Crippen molar-refractivity contribution in [2.24, 2.45) is 0 Å². The Labute approximate surface area is 90.5 Å². The van der Waals surface area contributed by atoms with Crippen molar-refractivity contribution in [1.29, 1.82) is 0 Å². The molecule has 0 atom stereocenters. The molecular weight excluding hydrogens is 254 g/mol. The Balaban J connectivity index is 3.45. The Morgan fingerprint density at radius 3 is 1.41 bits per heavy atom. The zero-order chi connectivity index (χ0) is 13.4. The van der Waals surface area contributed by atoms with Crippen molar-refractivity contribution < 1.29 is 36.2 Å². The van der Waals surface area contributed by atoms with E-state index >= 15 is 0 Å². The molecule has 0 saturated heterocycles. The molecule has 1 rings (SSSR count). The molecular formula is C9H3F6O2. The zero-order valence-electron chi connectivity index (χ0n) is 7.82. The molecule has 17 heavy (non-hydrogen) atoms. The quantitative estimate of drug-likeness (QED) is 0.711. The van der Waals surface area contributed by atoms with E-state index in [2.05, 4.69) is 0 Å². The van der Waals surface area contributed by atoms with E-state index < -0.39 is 35.0 Å². The summed E-state index contributed by atoms with van der Waals surface area (Å²) in [6, 6.07) is 0.0155. The summed E-state index contributed by atoms with van der Waals surface area (Å²) in [6.07, 6.45) is -10.1. The molecule has 0 N–H and O–H groups in total. The maximum absolute atomic E-state index is 12.2. The smallest absolute Gasteiger partial charge is 0.242 e. The second kappa shape index (κ2) is 3.94. The monoisotopic (exact) mass is 257 g/mol. The third kappa shape index (κ3) is 3.11. The summed E-state index contributed by atoms with van der Waals surface area (Å²) in [7, 11) is 0. The predicted octanol–water partition coefficient (Wildman–Crippen LogP) is 3.29. The first-order valence-electron chi connectivity index (χ1n) is 4.02. The fourth-order valence-corrected chi connectivity index (χ4v) is 1.07. The molecule has 0 bridgehead atoms. The first-order valence-corrected chi connectivity index (χ1v) is 4.02. The standard InChI is InChI=1S/C9H3F6O2/c10-8(11,12)5-1-4(7(16)17)2-6(3-5)9(13,14)15/h1-3H. The van der Waals surface area contributed by atoms with Crippen molar-refractivity contribution in [2.75, 3.05) is 0 Å². The topological polar surface area (TPSA) is 37.0 Å². The van der Waals surface area contributed by atoms with Gasteiger partial charge in [0, 0.05) is 0 Å². The summed E-state index contributed by atoms with van der Waals surface area (Å²) in [5.74, 6) is -2.11. The summed E-state index contributed by atoms with van der Waals surface area (Å²) in [5, 5.41) is 10.3. The molecule has 0 spiro atoms. The molecule has 0 heterocycles. The molecule has 1 aromatic rings. The van der Waals surface area contributed by atoms with Gasteiger partial charge in [-0.05, 0) is 18.2 Å². The first kappa shape index (κ1) is 13.3. The lowest BCUT2D eigenvalue weighted by atomic mass is 10.0. The molecule has 0 unspecified atom stereocenters. The molecule has 0 fully saturated rings. The Bertz CT molecular complexity index is 414. The van der Waals surface area contributed by atoms with E-state index in [-0.39, 0.29) is 18.2 Å². The molecule has 8 heteroatoms. The molecule has 93 valence electrons. The average molecular weight is 257 g/mol. The summed E-state index contributed by atoms with van der Waals surface area (Å²) < 4.78 is 73.3. The fourth-order valence-electron chi connectivity index (χ4n) is 1.07. The number of benzene rings is 1. The van der Waals surface area contributed by atoms with Gasteiger partial charge in [-0.15, -0.1) is 0 Å². The molecule has 0 saturated carbocycles. The summed E-state index contributed by atoms with van der Waals surface area (Å²) >= 11 is 0. The number of hydrogen-bond donors (Lipinski definition) is 0. The van der Waals surface area contributed by atoms with Crippen LogP contribution < -0.4 is 0 Å². The van der Waals surface area contributed by atoms with Gasteiger partial charge < -0.3 is 0 Å². The highest BCUT2D eigenvalue weighted by molar-refractivity contribution is 5.87. The lowest BCUT2D eigenvalue weighted by molar-refractivity contribution is -0.143. The van der Waals surface area contributed by atoms with Crippen molar-refractivity contribution in [3.63, 3.8) is 0 Å². The number of halogens is 6. The van der Waals surface area contributed by atoms with E-state index in [0.29, 0.717) is 0 Å². The highest BCUT2D eigenvalue weighted by Gasteiger charge is 2.37. The van der Waals surface area contributed by atoms with Crippen LogP contribution in [0.5, 0.6) is 0 Å². The van der Waals surface area contributed by atoms with Gasteiger partial charge in [-0.2, -0.15) is 26.3 Å². The van der Waals surface area contributed by atoms with Crippen LogP contribution in [-0.4, -0.2) is 5.97 Å². The van der Waals surface area contributed by atoms with Crippen molar-refractivity contribution in [1.82, 2.24) is 0 Å². The summed E-state index contributed by atoms with van der Waals surface area (Å²) in [5.41, 5.74) is -4.55. The van der Waals surface area contributed by atoms with Crippen molar-refractivity contribution in [3.05, 3.63) is 34.9 Å². The van der Waals surface area contributed by atoms with E-state index in [1.54, 1.807) is 0 Å². The zero-order valence-corrected chi connectivity index (χ0v) is 7.82. The minimum atomic E-state index is -5.06.